The van der Waals surface area contributed by atoms with Crippen molar-refractivity contribution < 1.29 is 19.4 Å². The lowest BCUT2D eigenvalue weighted by molar-refractivity contribution is -0.135. The summed E-state index contributed by atoms with van der Waals surface area (Å²) in [4.78, 5) is 30.4. The number of pyridine rings is 1. The van der Waals surface area contributed by atoms with Gasteiger partial charge in [0.1, 0.15) is 24.9 Å². The molecule has 0 radical (unpaired) electrons. The summed E-state index contributed by atoms with van der Waals surface area (Å²) in [6, 6.07) is 14.0. The Morgan fingerprint density at radius 3 is 2.79 bits per heavy atom. The molecule has 0 spiro atoms. The van der Waals surface area contributed by atoms with Crippen LogP contribution in [0.2, 0.25) is 0 Å². The Labute approximate surface area is 226 Å². The number of hydrogen-bond donors (Lipinski definition) is 1. The normalized spacial score (nSPS) is 16.7. The van der Waals surface area contributed by atoms with Gasteiger partial charge in [-0.05, 0) is 29.7 Å². The lowest BCUT2D eigenvalue weighted by Gasteiger charge is -2.30. The van der Waals surface area contributed by atoms with Gasteiger partial charge in [-0.15, -0.1) is 0 Å². The average molecular weight is 529 g/mol. The number of ether oxygens (including phenoxy) is 2. The SMILES string of the molecule is O=C(Cn1ccc2cnc(-c3ccnc(OCC(O)CN4CCc5ccccc5C4)c3)nc21)N1CCOCC1. The van der Waals surface area contributed by atoms with Gasteiger partial charge in [0.25, 0.3) is 0 Å². The number of benzene rings is 1. The molecule has 4 aromatic rings. The van der Waals surface area contributed by atoms with E-state index < -0.39 is 6.10 Å². The van der Waals surface area contributed by atoms with Crippen LogP contribution in [0.15, 0.2) is 61.1 Å². The fourth-order valence-corrected chi connectivity index (χ4v) is 5.17. The smallest absolute Gasteiger partial charge is 0.242 e. The minimum atomic E-state index is -0.638. The van der Waals surface area contributed by atoms with E-state index in [1.54, 1.807) is 18.5 Å². The molecular weight excluding hydrogens is 496 g/mol. The van der Waals surface area contributed by atoms with Crippen LogP contribution < -0.4 is 4.74 Å². The number of aliphatic hydroxyl groups is 1. The number of morpholine rings is 1. The molecule has 39 heavy (non-hydrogen) atoms. The highest BCUT2D eigenvalue weighted by Gasteiger charge is 2.20. The number of aromatic nitrogens is 4. The number of β-amino-alcohol motifs (C(OH)–C–C–N with tert-alkyl or cyclic N) is 1. The predicted molar refractivity (Wildman–Crippen MR) is 145 cm³/mol. The molecule has 3 aromatic heterocycles. The molecule has 10 heteroatoms. The molecule has 0 saturated carbocycles. The van der Waals surface area contributed by atoms with Crippen LogP contribution in [0.5, 0.6) is 5.88 Å². The summed E-state index contributed by atoms with van der Waals surface area (Å²) >= 11 is 0. The van der Waals surface area contributed by atoms with Crippen molar-refractivity contribution in [2.75, 3.05) is 46.0 Å². The Morgan fingerprint density at radius 1 is 1.08 bits per heavy atom. The maximum atomic E-state index is 12.8. The summed E-state index contributed by atoms with van der Waals surface area (Å²) < 4.78 is 13.1. The Balaban J connectivity index is 1.09. The lowest BCUT2D eigenvalue weighted by atomic mass is 10.00. The minimum Gasteiger partial charge on any atom is -0.475 e. The van der Waals surface area contributed by atoms with E-state index in [-0.39, 0.29) is 19.1 Å². The maximum absolute atomic E-state index is 12.8. The van der Waals surface area contributed by atoms with Gasteiger partial charge in [0.15, 0.2) is 5.82 Å². The molecule has 1 saturated heterocycles. The number of fused-ring (bicyclic) bond motifs is 2. The molecular formula is C29H32N6O4. The third kappa shape index (κ3) is 5.93. The lowest BCUT2D eigenvalue weighted by Crippen LogP contribution is -2.42. The second-order valence-corrected chi connectivity index (χ2v) is 10.0. The number of carbonyl (C=O) groups excluding carboxylic acids is 1. The highest BCUT2D eigenvalue weighted by molar-refractivity contribution is 5.81. The molecule has 1 fully saturated rings. The van der Waals surface area contributed by atoms with Crippen molar-refractivity contribution in [3.63, 3.8) is 0 Å². The molecule has 0 bridgehead atoms. The molecule has 1 atom stereocenters. The van der Waals surface area contributed by atoms with Crippen molar-refractivity contribution in [3.8, 4) is 17.3 Å². The first kappa shape index (κ1) is 25.4. The van der Waals surface area contributed by atoms with Crippen molar-refractivity contribution in [1.82, 2.24) is 29.3 Å². The van der Waals surface area contributed by atoms with E-state index in [1.165, 1.54) is 11.1 Å². The fraction of sp³-hybridized carbons (Fsp3) is 0.379. The van der Waals surface area contributed by atoms with Crippen molar-refractivity contribution in [1.29, 1.82) is 0 Å². The summed E-state index contributed by atoms with van der Waals surface area (Å²) in [5.74, 6) is 0.959. The highest BCUT2D eigenvalue weighted by atomic mass is 16.5. The van der Waals surface area contributed by atoms with Gasteiger partial charge in [-0.25, -0.2) is 15.0 Å². The molecule has 0 aliphatic carbocycles. The van der Waals surface area contributed by atoms with Gasteiger partial charge in [0.2, 0.25) is 11.8 Å². The first-order chi connectivity index (χ1) is 19.1. The third-order valence-electron chi connectivity index (χ3n) is 7.27. The summed E-state index contributed by atoms with van der Waals surface area (Å²) in [7, 11) is 0. The van der Waals surface area contributed by atoms with Crippen LogP contribution in [0.4, 0.5) is 0 Å². The van der Waals surface area contributed by atoms with Crippen molar-refractivity contribution in [2.24, 2.45) is 0 Å². The molecule has 1 unspecified atom stereocenters. The topological polar surface area (TPSA) is 106 Å². The van der Waals surface area contributed by atoms with Crippen LogP contribution in [0.3, 0.4) is 0 Å². The van der Waals surface area contributed by atoms with Crippen LogP contribution >= 0.6 is 0 Å². The summed E-state index contributed by atoms with van der Waals surface area (Å²) in [6.07, 6.45) is 5.62. The highest BCUT2D eigenvalue weighted by Crippen LogP contribution is 2.23. The number of amides is 1. The molecule has 2 aliphatic rings. The summed E-state index contributed by atoms with van der Waals surface area (Å²) in [5, 5.41) is 11.5. The first-order valence-corrected chi connectivity index (χ1v) is 13.4. The molecule has 5 heterocycles. The molecule has 10 nitrogen and oxygen atoms in total. The van der Waals surface area contributed by atoms with Crippen LogP contribution in [-0.4, -0.2) is 92.4 Å². The Morgan fingerprint density at radius 2 is 1.92 bits per heavy atom. The van der Waals surface area contributed by atoms with Gasteiger partial charge in [-0.3, -0.25) is 9.69 Å². The van der Waals surface area contributed by atoms with Gasteiger partial charge in [0, 0.05) is 68.3 Å². The van der Waals surface area contributed by atoms with Crippen molar-refractivity contribution in [3.05, 3.63) is 72.2 Å². The molecule has 2 aliphatic heterocycles. The Bertz CT molecular complexity index is 1450. The quantitative estimate of drug-likeness (QED) is 0.371. The molecule has 1 N–H and O–H groups in total. The fourth-order valence-electron chi connectivity index (χ4n) is 5.17. The zero-order valence-corrected chi connectivity index (χ0v) is 21.8. The van der Waals surface area contributed by atoms with Gasteiger partial charge in [0.05, 0.1) is 13.2 Å². The second-order valence-electron chi connectivity index (χ2n) is 10.0. The average Bonchev–Trinajstić information content (AvgIpc) is 3.38. The van der Waals surface area contributed by atoms with E-state index in [2.05, 4.69) is 39.1 Å². The Hall–Kier alpha value is -3.86. The minimum absolute atomic E-state index is 0.0443. The third-order valence-corrected chi connectivity index (χ3v) is 7.27. The number of nitrogens with zero attached hydrogens (tertiary/aromatic N) is 6. The van der Waals surface area contributed by atoms with Gasteiger partial charge in [-0.2, -0.15) is 0 Å². The Kier molecular flexibility index (Phi) is 7.49. The number of rotatable bonds is 8. The van der Waals surface area contributed by atoms with E-state index in [0.29, 0.717) is 50.2 Å². The first-order valence-electron chi connectivity index (χ1n) is 13.4. The zero-order valence-electron chi connectivity index (χ0n) is 21.8. The van der Waals surface area contributed by atoms with E-state index in [1.807, 2.05) is 27.8 Å². The summed E-state index contributed by atoms with van der Waals surface area (Å²) in [5.41, 5.74) is 4.15. The van der Waals surface area contributed by atoms with Crippen molar-refractivity contribution >= 4 is 16.9 Å². The van der Waals surface area contributed by atoms with Crippen LogP contribution in [0, 0.1) is 0 Å². The van der Waals surface area contributed by atoms with Gasteiger partial charge >= 0.3 is 0 Å². The van der Waals surface area contributed by atoms with E-state index in [9.17, 15) is 9.90 Å². The number of hydrogen-bond acceptors (Lipinski definition) is 8. The second kappa shape index (κ2) is 11.5. The van der Waals surface area contributed by atoms with E-state index >= 15 is 0 Å². The number of aliphatic hydroxyl groups excluding tert-OH is 1. The molecule has 1 amide bonds. The summed E-state index contributed by atoms with van der Waals surface area (Å²) in [6.45, 7) is 5.00. The standard InChI is InChI=1S/C29H32N6O4/c36-25(18-33-9-6-21-3-1-2-4-24(21)17-33)20-39-26-15-22(5-8-30-26)28-31-16-23-7-10-35(29(23)32-28)19-27(37)34-11-13-38-14-12-34/h1-5,7-8,10,15-16,25,36H,6,9,11-14,17-20H2. The van der Waals surface area contributed by atoms with E-state index in [0.717, 1.165) is 30.5 Å². The van der Waals surface area contributed by atoms with Gasteiger partial charge in [-0.1, -0.05) is 24.3 Å². The monoisotopic (exact) mass is 528 g/mol. The van der Waals surface area contributed by atoms with Crippen LogP contribution in [-0.2, 0) is 29.0 Å². The van der Waals surface area contributed by atoms with Crippen LogP contribution in [0.25, 0.3) is 22.4 Å². The molecule has 6 rings (SSSR count). The largest absolute Gasteiger partial charge is 0.475 e. The molecule has 202 valence electrons. The number of carbonyl (C=O) groups is 1. The maximum Gasteiger partial charge on any atom is 0.242 e. The van der Waals surface area contributed by atoms with Crippen molar-refractivity contribution in [2.45, 2.75) is 25.6 Å². The molecule has 1 aromatic carbocycles. The van der Waals surface area contributed by atoms with E-state index in [4.69, 9.17) is 14.5 Å². The van der Waals surface area contributed by atoms with Gasteiger partial charge < -0.3 is 24.0 Å². The van der Waals surface area contributed by atoms with Crippen LogP contribution in [0.1, 0.15) is 11.1 Å². The zero-order chi connectivity index (χ0) is 26.6. The predicted octanol–water partition coefficient (Wildman–Crippen LogP) is 2.15.